The van der Waals surface area contributed by atoms with Crippen LogP contribution in [-0.4, -0.2) is 53.7 Å². The molecule has 1 saturated heterocycles. The summed E-state index contributed by atoms with van der Waals surface area (Å²) in [6, 6.07) is 7.86. The van der Waals surface area contributed by atoms with E-state index in [4.69, 9.17) is 17.0 Å². The van der Waals surface area contributed by atoms with E-state index in [1.807, 2.05) is 28.8 Å². The van der Waals surface area contributed by atoms with Crippen LogP contribution >= 0.6 is 12.2 Å². The van der Waals surface area contributed by atoms with Gasteiger partial charge >= 0.3 is 0 Å². The number of fused-ring (bicyclic) bond motifs is 1. The molecule has 0 spiro atoms. The number of hydrogen-bond acceptors (Lipinski definition) is 4. The van der Waals surface area contributed by atoms with Crippen molar-refractivity contribution in [2.45, 2.75) is 39.3 Å². The maximum atomic E-state index is 10.8. The number of nitrogens with one attached hydrogen (secondary N) is 2. The lowest BCUT2D eigenvalue weighted by Crippen LogP contribution is -3.11. The predicted molar refractivity (Wildman–Crippen MR) is 115 cm³/mol. The van der Waals surface area contributed by atoms with E-state index in [2.05, 4.69) is 29.4 Å². The van der Waals surface area contributed by atoms with E-state index in [9.17, 15) is 5.11 Å². The Balaban J connectivity index is 1.74. The van der Waals surface area contributed by atoms with Crippen LogP contribution in [0.3, 0.4) is 0 Å². The number of ether oxygens (including phenoxy) is 1. The number of quaternary nitrogens is 1. The third-order valence-electron chi connectivity index (χ3n) is 5.35. The molecule has 2 heterocycles. The average Bonchev–Trinajstić information content (AvgIpc) is 3.32. The summed E-state index contributed by atoms with van der Waals surface area (Å²) in [5.74, 6) is 0.137. The van der Waals surface area contributed by atoms with Gasteiger partial charge in [0.15, 0.2) is 5.69 Å². The first-order valence-electron chi connectivity index (χ1n) is 10.1. The Labute approximate surface area is 171 Å². The Morgan fingerprint density at radius 2 is 2.14 bits per heavy atom. The highest BCUT2D eigenvalue weighted by Crippen LogP contribution is 2.38. The Kier molecular flexibility index (Phi) is 7.36. The summed E-state index contributed by atoms with van der Waals surface area (Å²) in [6.07, 6.45) is 2.31. The fourth-order valence-corrected chi connectivity index (χ4v) is 3.73. The first-order chi connectivity index (χ1) is 13.6. The van der Waals surface area contributed by atoms with Gasteiger partial charge in [0, 0.05) is 18.5 Å². The van der Waals surface area contributed by atoms with Crippen LogP contribution in [0.1, 0.15) is 26.7 Å². The Morgan fingerprint density at radius 1 is 1.36 bits per heavy atom. The molecule has 0 saturated carbocycles. The largest absolute Gasteiger partial charge is 0.493 e. The molecule has 8 heteroatoms. The number of nitrogens with zero attached hydrogens (tertiary/aromatic N) is 3. The zero-order chi connectivity index (χ0) is 19.9. The standard InChI is InChI=1S/C20H29N5O2S/c1-3-24(4-2)11-12-25-17-10-6-5-9-16(17)18(19(25)26)22-23-20(28)21-14-15-8-7-13-27-15/h5-6,9-10,15,26H,3-4,7-8,11-14H2,1-2H3,(H,21,28)/p+1/t15-/m0/s1. The predicted octanol–water partition coefficient (Wildman–Crippen LogP) is 2.41. The second-order valence-corrected chi connectivity index (χ2v) is 7.46. The van der Waals surface area contributed by atoms with Crippen LogP contribution in [0, 0.1) is 0 Å². The molecule has 1 aliphatic heterocycles. The van der Waals surface area contributed by atoms with Crippen molar-refractivity contribution in [3.63, 3.8) is 0 Å². The number of aromatic hydroxyl groups is 1. The molecule has 7 nitrogen and oxygen atoms in total. The summed E-state index contributed by atoms with van der Waals surface area (Å²) in [4.78, 5) is 1.49. The molecule has 0 amide bonds. The van der Waals surface area contributed by atoms with E-state index < -0.39 is 0 Å². The molecule has 0 unspecified atom stereocenters. The van der Waals surface area contributed by atoms with Crippen LogP contribution in [0.2, 0.25) is 0 Å². The lowest BCUT2D eigenvalue weighted by atomic mass is 10.2. The van der Waals surface area contributed by atoms with Crippen molar-refractivity contribution >= 4 is 33.9 Å². The van der Waals surface area contributed by atoms with E-state index in [0.29, 0.717) is 17.3 Å². The number of azo groups is 1. The molecule has 152 valence electrons. The van der Waals surface area contributed by atoms with Gasteiger partial charge in [-0.05, 0) is 45.0 Å². The van der Waals surface area contributed by atoms with Gasteiger partial charge in [0.2, 0.25) is 11.0 Å². The molecule has 2 aromatic rings. The highest BCUT2D eigenvalue weighted by molar-refractivity contribution is 7.80. The van der Waals surface area contributed by atoms with Gasteiger partial charge in [0.1, 0.15) is 0 Å². The Bertz CT molecular complexity index is 825. The molecule has 1 aromatic heterocycles. The van der Waals surface area contributed by atoms with Gasteiger partial charge < -0.3 is 24.6 Å². The number of rotatable bonds is 8. The normalized spacial score (nSPS) is 17.2. The van der Waals surface area contributed by atoms with Crippen LogP contribution in [0.15, 0.2) is 34.5 Å². The molecule has 1 fully saturated rings. The second kappa shape index (κ2) is 9.95. The molecule has 0 radical (unpaired) electrons. The van der Waals surface area contributed by atoms with Gasteiger partial charge in [-0.3, -0.25) is 0 Å². The molecule has 28 heavy (non-hydrogen) atoms. The number of likely N-dealkylation sites (N-methyl/N-ethyl adjacent to an activating group) is 1. The molecular formula is C20H30N5O2S+. The average molecular weight is 405 g/mol. The van der Waals surface area contributed by atoms with Gasteiger partial charge in [-0.15, -0.1) is 10.2 Å². The van der Waals surface area contributed by atoms with Crippen molar-refractivity contribution in [3.8, 4) is 5.88 Å². The first-order valence-corrected chi connectivity index (χ1v) is 10.5. The molecule has 3 rings (SSSR count). The molecule has 0 aliphatic carbocycles. The van der Waals surface area contributed by atoms with Crippen molar-refractivity contribution in [1.29, 1.82) is 0 Å². The zero-order valence-electron chi connectivity index (χ0n) is 16.6. The van der Waals surface area contributed by atoms with Crippen LogP contribution < -0.4 is 10.2 Å². The van der Waals surface area contributed by atoms with Crippen molar-refractivity contribution in [2.24, 2.45) is 10.2 Å². The van der Waals surface area contributed by atoms with Crippen LogP contribution in [0.5, 0.6) is 5.88 Å². The second-order valence-electron chi connectivity index (χ2n) is 7.07. The van der Waals surface area contributed by atoms with Gasteiger partial charge in [-0.2, -0.15) is 0 Å². The Morgan fingerprint density at radius 3 is 2.86 bits per heavy atom. The number of para-hydroxylation sites is 1. The summed E-state index contributed by atoms with van der Waals surface area (Å²) in [6.45, 7) is 9.59. The fraction of sp³-hybridized carbons (Fsp3) is 0.550. The van der Waals surface area contributed by atoms with Gasteiger partial charge in [-0.1, -0.05) is 18.2 Å². The van der Waals surface area contributed by atoms with Gasteiger partial charge in [-0.25, -0.2) is 0 Å². The molecule has 1 aliphatic rings. The van der Waals surface area contributed by atoms with Crippen LogP contribution in [0.4, 0.5) is 5.69 Å². The van der Waals surface area contributed by atoms with Gasteiger partial charge in [0.25, 0.3) is 0 Å². The first kappa shape index (κ1) is 20.7. The molecule has 3 N–H and O–H groups in total. The quantitative estimate of drug-likeness (QED) is 0.467. The lowest BCUT2D eigenvalue weighted by Gasteiger charge is -2.16. The smallest absolute Gasteiger partial charge is 0.220 e. The maximum Gasteiger partial charge on any atom is 0.220 e. The van der Waals surface area contributed by atoms with E-state index >= 15 is 0 Å². The maximum absolute atomic E-state index is 10.8. The van der Waals surface area contributed by atoms with E-state index in [1.165, 1.54) is 4.90 Å². The minimum Gasteiger partial charge on any atom is -0.493 e. The topological polar surface area (TPSA) is 75.6 Å². The summed E-state index contributed by atoms with van der Waals surface area (Å²) in [5.41, 5.74) is 1.42. The molecule has 0 bridgehead atoms. The summed E-state index contributed by atoms with van der Waals surface area (Å²) in [5, 5.41) is 23.5. The van der Waals surface area contributed by atoms with E-state index in [0.717, 1.165) is 56.5 Å². The van der Waals surface area contributed by atoms with Crippen LogP contribution in [-0.2, 0) is 11.3 Å². The number of thiocarbonyl (C=S) groups is 1. The fourth-order valence-electron chi connectivity index (χ4n) is 3.61. The third kappa shape index (κ3) is 4.87. The van der Waals surface area contributed by atoms with Crippen molar-refractivity contribution in [3.05, 3.63) is 24.3 Å². The number of hydrogen-bond donors (Lipinski definition) is 3. The molecular weight excluding hydrogens is 374 g/mol. The minimum atomic E-state index is 0.137. The summed E-state index contributed by atoms with van der Waals surface area (Å²) < 4.78 is 7.49. The zero-order valence-corrected chi connectivity index (χ0v) is 17.5. The highest BCUT2D eigenvalue weighted by atomic mass is 32.1. The van der Waals surface area contributed by atoms with E-state index in [1.54, 1.807) is 0 Å². The van der Waals surface area contributed by atoms with E-state index in [-0.39, 0.29) is 12.0 Å². The summed E-state index contributed by atoms with van der Waals surface area (Å²) in [7, 11) is 0. The molecule has 1 aromatic carbocycles. The summed E-state index contributed by atoms with van der Waals surface area (Å²) >= 11 is 5.26. The Hall–Kier alpha value is -2.03. The van der Waals surface area contributed by atoms with Crippen LogP contribution in [0.25, 0.3) is 10.9 Å². The SMILES string of the molecule is CC[NH+](CC)CCn1c(O)c(N=NC(=S)NC[C@@H]2CCCO2)c2ccccc21. The van der Waals surface area contributed by atoms with Crippen molar-refractivity contribution in [2.75, 3.05) is 32.8 Å². The van der Waals surface area contributed by atoms with Crippen molar-refractivity contribution < 1.29 is 14.7 Å². The number of aromatic nitrogens is 1. The minimum absolute atomic E-state index is 0.137. The molecule has 1 atom stereocenters. The monoisotopic (exact) mass is 404 g/mol. The lowest BCUT2D eigenvalue weighted by molar-refractivity contribution is -0.897. The van der Waals surface area contributed by atoms with Gasteiger partial charge in [0.05, 0.1) is 37.8 Å². The number of benzene rings is 1. The van der Waals surface area contributed by atoms with Crippen molar-refractivity contribution in [1.82, 2.24) is 9.88 Å². The third-order valence-corrected chi connectivity index (χ3v) is 5.58. The highest BCUT2D eigenvalue weighted by Gasteiger charge is 2.18.